The van der Waals surface area contributed by atoms with Gasteiger partial charge in [-0.3, -0.25) is 4.68 Å². The fourth-order valence-electron chi connectivity index (χ4n) is 2.71. The van der Waals surface area contributed by atoms with E-state index >= 15 is 0 Å². The zero-order chi connectivity index (χ0) is 14.3. The summed E-state index contributed by atoms with van der Waals surface area (Å²) in [6.07, 6.45) is 2.08. The molecule has 1 heterocycles. The predicted octanol–water partition coefficient (Wildman–Crippen LogP) is 3.02. The number of hydrogen-bond acceptors (Lipinski definition) is 3. The molecule has 0 saturated carbocycles. The van der Waals surface area contributed by atoms with Crippen molar-refractivity contribution >= 4 is 15.9 Å². The Hall–Kier alpha value is -1.33. The second-order valence-corrected chi connectivity index (χ2v) is 6.06. The highest BCUT2D eigenvalue weighted by molar-refractivity contribution is 9.10. The third-order valence-electron chi connectivity index (χ3n) is 3.88. The van der Waals surface area contributed by atoms with Crippen LogP contribution >= 0.6 is 15.9 Å². The largest absolute Gasteiger partial charge is 0.487 e. The van der Waals surface area contributed by atoms with Gasteiger partial charge in [-0.2, -0.15) is 5.10 Å². The Bertz CT molecular complexity index is 651. The Kier molecular flexibility index (Phi) is 3.56. The fourth-order valence-corrected chi connectivity index (χ4v) is 3.16. The Morgan fingerprint density at radius 2 is 2.30 bits per heavy atom. The third-order valence-corrected chi connectivity index (χ3v) is 4.91. The van der Waals surface area contributed by atoms with E-state index in [9.17, 15) is 0 Å². The Labute approximate surface area is 127 Å². The van der Waals surface area contributed by atoms with Crippen LogP contribution in [0.1, 0.15) is 35.0 Å². The third kappa shape index (κ3) is 2.36. The van der Waals surface area contributed by atoms with Gasteiger partial charge in [-0.05, 0) is 59.0 Å². The number of aryl methyl sites for hydroxylation is 3. The molecule has 1 aromatic carbocycles. The first-order valence-electron chi connectivity index (χ1n) is 6.75. The van der Waals surface area contributed by atoms with Crippen LogP contribution < -0.4 is 10.5 Å². The maximum atomic E-state index is 6.05. The molecule has 0 saturated heterocycles. The van der Waals surface area contributed by atoms with Crippen LogP contribution in [-0.2, 0) is 20.1 Å². The molecule has 0 radical (unpaired) electrons. The molecule has 0 fully saturated rings. The molecule has 2 aromatic rings. The van der Waals surface area contributed by atoms with Crippen molar-refractivity contribution < 1.29 is 4.74 Å². The summed E-state index contributed by atoms with van der Waals surface area (Å²) in [5, 5.41) is 4.36. The molecule has 0 bridgehead atoms. The minimum Gasteiger partial charge on any atom is -0.487 e. The summed E-state index contributed by atoms with van der Waals surface area (Å²) in [4.78, 5) is 0. The minimum absolute atomic E-state index is 0.188. The molecule has 0 aliphatic heterocycles. The van der Waals surface area contributed by atoms with E-state index in [-0.39, 0.29) is 6.04 Å². The standard InChI is InChI=1S/C15H18BrN3O/c1-9-15(16)14(19(2)18-9)8-20-11-4-5-12-10(7-11)3-6-13(12)17/h4-5,7,13H,3,6,8,17H2,1-2H3/t13-/m0/s1. The number of hydrogen-bond donors (Lipinski definition) is 1. The lowest BCUT2D eigenvalue weighted by Crippen LogP contribution is -2.05. The lowest BCUT2D eigenvalue weighted by atomic mass is 10.1. The molecule has 1 aromatic heterocycles. The lowest BCUT2D eigenvalue weighted by molar-refractivity contribution is 0.294. The summed E-state index contributed by atoms with van der Waals surface area (Å²) in [7, 11) is 1.93. The maximum absolute atomic E-state index is 6.05. The van der Waals surface area contributed by atoms with Crippen molar-refractivity contribution in [3.8, 4) is 5.75 Å². The molecule has 0 spiro atoms. The first kappa shape index (κ1) is 13.6. The fraction of sp³-hybridized carbons (Fsp3) is 0.400. The summed E-state index contributed by atoms with van der Waals surface area (Å²) in [5.74, 6) is 0.892. The normalized spacial score (nSPS) is 17.3. The first-order valence-corrected chi connectivity index (χ1v) is 7.54. The van der Waals surface area contributed by atoms with E-state index < -0.39 is 0 Å². The number of ether oxygens (including phenoxy) is 1. The SMILES string of the molecule is Cc1nn(C)c(COc2ccc3c(c2)CC[C@@H]3N)c1Br. The molecule has 106 valence electrons. The molecule has 0 unspecified atom stereocenters. The van der Waals surface area contributed by atoms with Crippen molar-refractivity contribution in [1.29, 1.82) is 0 Å². The average molecular weight is 336 g/mol. The van der Waals surface area contributed by atoms with Crippen LogP contribution in [0.4, 0.5) is 0 Å². The van der Waals surface area contributed by atoms with E-state index in [0.717, 1.165) is 34.5 Å². The second-order valence-electron chi connectivity index (χ2n) is 5.26. The number of benzene rings is 1. The van der Waals surface area contributed by atoms with Crippen molar-refractivity contribution in [3.05, 3.63) is 45.2 Å². The minimum atomic E-state index is 0.188. The van der Waals surface area contributed by atoms with E-state index in [1.165, 1.54) is 11.1 Å². The smallest absolute Gasteiger partial charge is 0.131 e. The molecule has 3 rings (SSSR count). The molecule has 1 aliphatic carbocycles. The number of halogens is 1. The van der Waals surface area contributed by atoms with Gasteiger partial charge in [0.05, 0.1) is 15.9 Å². The molecule has 4 nitrogen and oxygen atoms in total. The summed E-state index contributed by atoms with van der Waals surface area (Å²) in [5.41, 5.74) is 10.6. The molecule has 1 atom stereocenters. The lowest BCUT2D eigenvalue weighted by Gasteiger charge is -2.10. The molecule has 1 aliphatic rings. The van der Waals surface area contributed by atoms with Crippen LogP contribution in [0.25, 0.3) is 0 Å². The van der Waals surface area contributed by atoms with E-state index in [1.54, 1.807) is 0 Å². The molecule has 2 N–H and O–H groups in total. The Morgan fingerprint density at radius 3 is 3.00 bits per heavy atom. The first-order chi connectivity index (χ1) is 9.56. The van der Waals surface area contributed by atoms with Crippen LogP contribution in [0.5, 0.6) is 5.75 Å². The molecular formula is C15H18BrN3O. The van der Waals surface area contributed by atoms with Crippen molar-refractivity contribution in [2.75, 3.05) is 0 Å². The van der Waals surface area contributed by atoms with Gasteiger partial charge in [0.1, 0.15) is 12.4 Å². The number of fused-ring (bicyclic) bond motifs is 1. The highest BCUT2D eigenvalue weighted by atomic mass is 79.9. The Balaban J connectivity index is 1.76. The highest BCUT2D eigenvalue weighted by Gasteiger charge is 2.19. The van der Waals surface area contributed by atoms with Crippen LogP contribution in [0.15, 0.2) is 22.7 Å². The summed E-state index contributed by atoms with van der Waals surface area (Å²) in [6.45, 7) is 2.48. The zero-order valence-electron chi connectivity index (χ0n) is 11.7. The van der Waals surface area contributed by atoms with Gasteiger partial charge in [0.15, 0.2) is 0 Å². The monoisotopic (exact) mass is 335 g/mol. The number of nitrogens with two attached hydrogens (primary N) is 1. The van der Waals surface area contributed by atoms with E-state index in [4.69, 9.17) is 10.5 Å². The topological polar surface area (TPSA) is 53.1 Å². The van der Waals surface area contributed by atoms with Gasteiger partial charge >= 0.3 is 0 Å². The Morgan fingerprint density at radius 1 is 1.50 bits per heavy atom. The van der Waals surface area contributed by atoms with Crippen LogP contribution in [0.2, 0.25) is 0 Å². The summed E-state index contributed by atoms with van der Waals surface area (Å²) in [6, 6.07) is 6.39. The molecule has 20 heavy (non-hydrogen) atoms. The quantitative estimate of drug-likeness (QED) is 0.937. The predicted molar refractivity (Wildman–Crippen MR) is 81.7 cm³/mol. The highest BCUT2D eigenvalue weighted by Crippen LogP contribution is 2.32. The van der Waals surface area contributed by atoms with Gasteiger partial charge in [-0.1, -0.05) is 6.07 Å². The van der Waals surface area contributed by atoms with E-state index in [2.05, 4.69) is 33.2 Å². The van der Waals surface area contributed by atoms with Crippen molar-refractivity contribution in [3.63, 3.8) is 0 Å². The molecule has 0 amide bonds. The second kappa shape index (κ2) is 5.22. The molecular weight excluding hydrogens is 318 g/mol. The number of rotatable bonds is 3. The van der Waals surface area contributed by atoms with Gasteiger partial charge in [0, 0.05) is 13.1 Å². The van der Waals surface area contributed by atoms with E-state index in [1.807, 2.05) is 24.7 Å². The van der Waals surface area contributed by atoms with Crippen molar-refractivity contribution in [1.82, 2.24) is 9.78 Å². The van der Waals surface area contributed by atoms with Gasteiger partial charge in [-0.25, -0.2) is 0 Å². The van der Waals surface area contributed by atoms with Gasteiger partial charge in [-0.15, -0.1) is 0 Å². The maximum Gasteiger partial charge on any atom is 0.131 e. The number of aromatic nitrogens is 2. The van der Waals surface area contributed by atoms with Crippen molar-refractivity contribution in [2.45, 2.75) is 32.4 Å². The van der Waals surface area contributed by atoms with Crippen LogP contribution in [0.3, 0.4) is 0 Å². The van der Waals surface area contributed by atoms with Crippen LogP contribution in [-0.4, -0.2) is 9.78 Å². The van der Waals surface area contributed by atoms with Crippen LogP contribution in [0, 0.1) is 6.92 Å². The van der Waals surface area contributed by atoms with Gasteiger partial charge in [0.2, 0.25) is 0 Å². The summed E-state index contributed by atoms with van der Waals surface area (Å²) < 4.78 is 8.76. The van der Waals surface area contributed by atoms with Crippen molar-refractivity contribution in [2.24, 2.45) is 12.8 Å². The van der Waals surface area contributed by atoms with E-state index in [0.29, 0.717) is 6.61 Å². The van der Waals surface area contributed by atoms with Gasteiger partial charge in [0.25, 0.3) is 0 Å². The average Bonchev–Trinajstić information content (AvgIpc) is 2.90. The summed E-state index contributed by atoms with van der Waals surface area (Å²) >= 11 is 3.55. The number of nitrogens with zero attached hydrogens (tertiary/aromatic N) is 2. The van der Waals surface area contributed by atoms with Gasteiger partial charge < -0.3 is 10.5 Å². The zero-order valence-corrected chi connectivity index (χ0v) is 13.3. The molecule has 5 heteroatoms.